The summed E-state index contributed by atoms with van der Waals surface area (Å²) in [6.45, 7) is 2.02. The molecule has 3 N–H and O–H groups in total. The predicted octanol–water partition coefficient (Wildman–Crippen LogP) is 3.45. The van der Waals surface area contributed by atoms with Gasteiger partial charge in [0.2, 0.25) is 0 Å². The third kappa shape index (κ3) is 3.21. The van der Waals surface area contributed by atoms with E-state index in [1.54, 1.807) is 6.20 Å². The van der Waals surface area contributed by atoms with E-state index in [9.17, 15) is 0 Å². The molecule has 0 unspecified atom stereocenters. The number of aromatic amines is 1. The van der Waals surface area contributed by atoms with Crippen LogP contribution < -0.4 is 15.5 Å². The summed E-state index contributed by atoms with van der Waals surface area (Å²) in [6.07, 6.45) is 6.07. The number of anilines is 2. The van der Waals surface area contributed by atoms with Crippen molar-refractivity contribution in [3.05, 3.63) is 29.0 Å². The average molecular weight is 464 g/mol. The number of aromatic nitrogens is 6. The van der Waals surface area contributed by atoms with E-state index < -0.39 is 0 Å². The second-order valence-electron chi connectivity index (χ2n) is 9.34. The number of hydrogen-bond donors (Lipinski definition) is 2. The third-order valence-electron chi connectivity index (χ3n) is 6.91. The predicted molar refractivity (Wildman–Crippen MR) is 131 cm³/mol. The van der Waals surface area contributed by atoms with Crippen molar-refractivity contribution in [3.63, 3.8) is 0 Å². The summed E-state index contributed by atoms with van der Waals surface area (Å²) in [5, 5.41) is 8.13. The van der Waals surface area contributed by atoms with Crippen LogP contribution >= 0.6 is 11.6 Å². The van der Waals surface area contributed by atoms with E-state index in [0.29, 0.717) is 39.5 Å². The lowest BCUT2D eigenvalue weighted by molar-refractivity contribution is 0.411. The lowest BCUT2D eigenvalue weighted by atomic mass is 9.98. The van der Waals surface area contributed by atoms with Crippen LogP contribution in [-0.4, -0.2) is 62.4 Å². The monoisotopic (exact) mass is 463 g/mol. The van der Waals surface area contributed by atoms with E-state index >= 15 is 0 Å². The highest BCUT2D eigenvalue weighted by atomic mass is 35.5. The summed E-state index contributed by atoms with van der Waals surface area (Å²) < 4.78 is 0. The lowest BCUT2D eigenvalue weighted by Crippen LogP contribution is -2.48. The minimum atomic E-state index is 0.278. The molecule has 9 nitrogen and oxygen atoms in total. The highest BCUT2D eigenvalue weighted by Crippen LogP contribution is 2.40. The molecule has 5 heterocycles. The van der Waals surface area contributed by atoms with Crippen molar-refractivity contribution in [2.45, 2.75) is 50.7 Å². The van der Waals surface area contributed by atoms with Crippen molar-refractivity contribution in [1.29, 1.82) is 0 Å². The fourth-order valence-corrected chi connectivity index (χ4v) is 5.64. The van der Waals surface area contributed by atoms with Gasteiger partial charge < -0.3 is 15.5 Å². The van der Waals surface area contributed by atoms with Gasteiger partial charge in [0.15, 0.2) is 11.5 Å². The summed E-state index contributed by atoms with van der Waals surface area (Å²) >= 11 is 6.82. The highest BCUT2D eigenvalue weighted by Gasteiger charge is 2.41. The molecule has 33 heavy (non-hydrogen) atoms. The van der Waals surface area contributed by atoms with Crippen molar-refractivity contribution >= 4 is 45.4 Å². The third-order valence-corrected chi connectivity index (χ3v) is 7.29. The van der Waals surface area contributed by atoms with Crippen LogP contribution in [0.4, 0.5) is 11.6 Å². The van der Waals surface area contributed by atoms with Crippen LogP contribution in [0.3, 0.4) is 0 Å². The van der Waals surface area contributed by atoms with E-state index in [1.165, 1.54) is 0 Å². The molecule has 0 radical (unpaired) electrons. The maximum absolute atomic E-state index is 6.82. The fraction of sp³-hybridized carbons (Fsp3) is 0.435. The smallest absolute Gasteiger partial charge is 0.177 e. The molecule has 2 aliphatic heterocycles. The SMILES string of the molecule is Cc1nc2c(-c3ccc4ncc(N(C)C)nc4c3Cl)n[nH]c2nc1N1[C@@H]2CC[C@H]1C[C@@H](N)C2. The topological polar surface area (TPSA) is 113 Å². The van der Waals surface area contributed by atoms with Crippen molar-refractivity contribution < 1.29 is 0 Å². The molecule has 2 fully saturated rings. The molecule has 1 aromatic carbocycles. The Morgan fingerprint density at radius 3 is 2.58 bits per heavy atom. The van der Waals surface area contributed by atoms with Crippen LogP contribution in [0.5, 0.6) is 0 Å². The number of nitrogens with zero attached hydrogens (tertiary/aromatic N) is 7. The Kier molecular flexibility index (Phi) is 4.67. The number of nitrogens with two attached hydrogens (primary N) is 1. The number of benzene rings is 1. The Morgan fingerprint density at radius 2 is 1.85 bits per heavy atom. The molecule has 0 saturated carbocycles. The quantitative estimate of drug-likeness (QED) is 0.475. The molecule has 170 valence electrons. The Labute approximate surface area is 196 Å². The Bertz CT molecular complexity index is 1370. The maximum atomic E-state index is 6.82. The normalized spacial score (nSPS) is 22.5. The van der Waals surface area contributed by atoms with Crippen molar-refractivity contribution in [3.8, 4) is 11.3 Å². The highest BCUT2D eigenvalue weighted by molar-refractivity contribution is 6.38. The second kappa shape index (κ2) is 7.50. The molecule has 0 amide bonds. The number of piperidine rings is 1. The first-order valence-corrected chi connectivity index (χ1v) is 11.7. The number of fused-ring (bicyclic) bond motifs is 4. The number of rotatable bonds is 3. The van der Waals surface area contributed by atoms with Gasteiger partial charge in [0.05, 0.1) is 22.4 Å². The molecule has 3 atom stereocenters. The van der Waals surface area contributed by atoms with E-state index in [4.69, 9.17) is 27.3 Å². The van der Waals surface area contributed by atoms with E-state index in [1.807, 2.05) is 38.1 Å². The zero-order valence-corrected chi connectivity index (χ0v) is 19.6. The number of nitrogens with one attached hydrogen (secondary N) is 1. The number of H-pyrrole nitrogens is 1. The van der Waals surface area contributed by atoms with Gasteiger partial charge in [0.1, 0.15) is 22.5 Å². The zero-order chi connectivity index (χ0) is 22.9. The molecule has 0 aliphatic carbocycles. The first-order chi connectivity index (χ1) is 15.9. The van der Waals surface area contributed by atoms with E-state index in [-0.39, 0.29) is 6.04 Å². The average Bonchev–Trinajstić information content (AvgIpc) is 3.31. The molecule has 0 spiro atoms. The van der Waals surface area contributed by atoms with Crippen molar-refractivity contribution in [2.75, 3.05) is 23.9 Å². The molecule has 10 heteroatoms. The van der Waals surface area contributed by atoms with Crippen LogP contribution in [0.15, 0.2) is 18.3 Å². The first kappa shape index (κ1) is 20.6. The standard InChI is InChI=1S/C23H26ClN9/c1-11-23(33-13-4-5-14(33)9-12(25)8-13)29-22-21(27-11)19(30-31-22)15-6-7-16-20(18(15)24)28-17(10-26-16)32(2)3/h6-7,10,12-14H,4-5,8-9,25H2,1-3H3,(H,29,30,31)/t12-,13+,14-. The minimum Gasteiger partial charge on any atom is -0.361 e. The van der Waals surface area contributed by atoms with Crippen molar-refractivity contribution in [1.82, 2.24) is 30.1 Å². The molecular weight excluding hydrogens is 438 g/mol. The van der Waals surface area contributed by atoms with E-state index in [2.05, 4.69) is 25.1 Å². The molecule has 2 aliphatic rings. The van der Waals surface area contributed by atoms with Crippen LogP contribution in [-0.2, 0) is 0 Å². The number of hydrogen-bond acceptors (Lipinski definition) is 8. The number of halogens is 1. The summed E-state index contributed by atoms with van der Waals surface area (Å²) in [5.74, 6) is 1.67. The largest absolute Gasteiger partial charge is 0.361 e. The van der Waals surface area contributed by atoms with Gasteiger partial charge in [-0.25, -0.2) is 15.0 Å². The van der Waals surface area contributed by atoms with Crippen molar-refractivity contribution in [2.24, 2.45) is 5.73 Å². The van der Waals surface area contributed by atoms with Gasteiger partial charge in [0.25, 0.3) is 0 Å². The van der Waals surface area contributed by atoms with Gasteiger partial charge in [-0.2, -0.15) is 5.10 Å². The zero-order valence-electron chi connectivity index (χ0n) is 18.9. The minimum absolute atomic E-state index is 0.278. The molecule has 2 bridgehead atoms. The van der Waals surface area contributed by atoms with Gasteiger partial charge in [-0.3, -0.25) is 10.1 Å². The van der Waals surface area contributed by atoms with Crippen LogP contribution in [0.25, 0.3) is 33.5 Å². The summed E-state index contributed by atoms with van der Waals surface area (Å²) in [6, 6.07) is 4.98. The Morgan fingerprint density at radius 1 is 1.09 bits per heavy atom. The number of aryl methyl sites for hydroxylation is 1. The van der Waals surface area contributed by atoms with Gasteiger partial charge in [0, 0.05) is 37.8 Å². The summed E-state index contributed by atoms with van der Waals surface area (Å²) in [5.41, 5.74) is 11.3. The van der Waals surface area contributed by atoms with Gasteiger partial charge >= 0.3 is 0 Å². The molecule has 3 aromatic heterocycles. The molecular formula is C23H26ClN9. The van der Waals surface area contributed by atoms with Gasteiger partial charge in [-0.05, 0) is 44.7 Å². The Hall–Kier alpha value is -3.04. The Balaban J connectivity index is 1.45. The molecule has 4 aromatic rings. The van der Waals surface area contributed by atoms with Crippen LogP contribution in [0.1, 0.15) is 31.4 Å². The van der Waals surface area contributed by atoms with E-state index in [0.717, 1.165) is 54.1 Å². The molecule has 2 saturated heterocycles. The first-order valence-electron chi connectivity index (χ1n) is 11.3. The van der Waals surface area contributed by atoms with Gasteiger partial charge in [-0.15, -0.1) is 0 Å². The summed E-state index contributed by atoms with van der Waals surface area (Å²) in [4.78, 5) is 23.4. The fourth-order valence-electron chi connectivity index (χ4n) is 5.35. The second-order valence-corrected chi connectivity index (χ2v) is 9.72. The summed E-state index contributed by atoms with van der Waals surface area (Å²) in [7, 11) is 3.85. The van der Waals surface area contributed by atoms with Crippen LogP contribution in [0.2, 0.25) is 5.02 Å². The maximum Gasteiger partial charge on any atom is 0.177 e. The van der Waals surface area contributed by atoms with Gasteiger partial charge in [-0.1, -0.05) is 11.6 Å². The molecule has 6 rings (SSSR count). The lowest BCUT2D eigenvalue weighted by Gasteiger charge is -2.39. The van der Waals surface area contributed by atoms with Crippen LogP contribution in [0, 0.1) is 6.92 Å².